The van der Waals surface area contributed by atoms with Gasteiger partial charge in [-0.15, -0.1) is 0 Å². The van der Waals surface area contributed by atoms with E-state index >= 15 is 0 Å². The van der Waals surface area contributed by atoms with E-state index in [0.717, 1.165) is 12.2 Å². The molecule has 1 saturated heterocycles. The number of thioether (sulfide) groups is 1. The molecule has 2 aliphatic rings. The van der Waals surface area contributed by atoms with Crippen molar-refractivity contribution in [2.45, 2.75) is 32.1 Å². The lowest BCUT2D eigenvalue weighted by Crippen LogP contribution is -2.29. The molecule has 3 rings (SSSR count). The highest BCUT2D eigenvalue weighted by molar-refractivity contribution is 8.26. The van der Waals surface area contributed by atoms with Crippen LogP contribution in [0.25, 0.3) is 6.08 Å². The third-order valence-electron chi connectivity index (χ3n) is 4.04. The van der Waals surface area contributed by atoms with Gasteiger partial charge in [-0.05, 0) is 30.9 Å². The fourth-order valence-corrected chi connectivity index (χ4v) is 3.86. The molecule has 2 heterocycles. The van der Waals surface area contributed by atoms with Crippen LogP contribution in [0.15, 0.2) is 21.5 Å². The van der Waals surface area contributed by atoms with Crippen molar-refractivity contribution < 1.29 is 19.1 Å². The number of carbonyl (C=O) groups is 2. The Morgan fingerprint density at radius 1 is 1.57 bits per heavy atom. The van der Waals surface area contributed by atoms with Gasteiger partial charge in [0.1, 0.15) is 15.8 Å². The number of aliphatic carboxylic acids is 1. The van der Waals surface area contributed by atoms with Gasteiger partial charge in [0.25, 0.3) is 5.91 Å². The van der Waals surface area contributed by atoms with Gasteiger partial charge >= 0.3 is 5.97 Å². The van der Waals surface area contributed by atoms with E-state index in [2.05, 4.69) is 6.92 Å². The molecule has 1 amide bonds. The van der Waals surface area contributed by atoms with Gasteiger partial charge in [-0.2, -0.15) is 0 Å². The van der Waals surface area contributed by atoms with Crippen LogP contribution in [-0.2, 0) is 9.59 Å². The average Bonchev–Trinajstić information content (AvgIpc) is 2.93. The summed E-state index contributed by atoms with van der Waals surface area (Å²) in [7, 11) is 0. The number of hydrogen-bond acceptors (Lipinski definition) is 5. The van der Waals surface area contributed by atoms with Crippen LogP contribution in [0.2, 0.25) is 0 Å². The first-order chi connectivity index (χ1) is 11.0. The topological polar surface area (TPSA) is 70.8 Å². The molecule has 1 N–H and O–H groups in total. The fourth-order valence-electron chi connectivity index (χ4n) is 2.57. The van der Waals surface area contributed by atoms with Crippen molar-refractivity contribution in [1.82, 2.24) is 4.90 Å². The zero-order chi connectivity index (χ0) is 16.6. The number of thiocarbonyl (C=S) groups is 1. The minimum absolute atomic E-state index is 0.0250. The van der Waals surface area contributed by atoms with E-state index in [9.17, 15) is 9.59 Å². The molecular formula is C16H17NO4S2. The summed E-state index contributed by atoms with van der Waals surface area (Å²) in [6.45, 7) is 2.52. The number of furan rings is 1. The van der Waals surface area contributed by atoms with Crippen molar-refractivity contribution in [3.63, 3.8) is 0 Å². The normalized spacial score (nSPS) is 25.4. The van der Waals surface area contributed by atoms with Gasteiger partial charge in [-0.25, -0.2) is 0 Å². The second kappa shape index (κ2) is 6.49. The average molecular weight is 351 g/mol. The highest BCUT2D eigenvalue weighted by Gasteiger charge is 2.37. The SMILES string of the molecule is C[C@@H]1C[C@@H]1c1ccc(/C=C2\SC(=S)N(CCCC(=O)O)C2=O)o1. The van der Waals surface area contributed by atoms with Crippen molar-refractivity contribution >= 4 is 46.3 Å². The van der Waals surface area contributed by atoms with Crippen LogP contribution < -0.4 is 0 Å². The largest absolute Gasteiger partial charge is 0.481 e. The molecule has 1 aliphatic heterocycles. The summed E-state index contributed by atoms with van der Waals surface area (Å²) in [5.74, 6) is 1.75. The molecule has 0 spiro atoms. The van der Waals surface area contributed by atoms with E-state index in [1.54, 1.807) is 6.08 Å². The van der Waals surface area contributed by atoms with Crippen LogP contribution >= 0.6 is 24.0 Å². The third-order valence-corrected chi connectivity index (χ3v) is 5.42. The van der Waals surface area contributed by atoms with Crippen LogP contribution in [0.3, 0.4) is 0 Å². The van der Waals surface area contributed by atoms with Crippen LogP contribution in [0, 0.1) is 5.92 Å². The minimum Gasteiger partial charge on any atom is -0.481 e. The van der Waals surface area contributed by atoms with Crippen LogP contribution in [0.5, 0.6) is 0 Å². The molecule has 5 nitrogen and oxygen atoms in total. The Labute approximate surface area is 143 Å². The maximum atomic E-state index is 12.4. The van der Waals surface area contributed by atoms with E-state index in [0.29, 0.717) is 39.8 Å². The molecule has 2 fully saturated rings. The summed E-state index contributed by atoms with van der Waals surface area (Å²) in [6, 6.07) is 3.84. The summed E-state index contributed by atoms with van der Waals surface area (Å²) in [5.41, 5.74) is 0. The number of carboxylic acids is 1. The maximum absolute atomic E-state index is 12.4. The lowest BCUT2D eigenvalue weighted by Gasteiger charge is -2.13. The summed E-state index contributed by atoms with van der Waals surface area (Å²) in [5, 5.41) is 8.67. The monoisotopic (exact) mass is 351 g/mol. The number of rotatable bonds is 6. The van der Waals surface area contributed by atoms with Gasteiger partial charge in [-0.3, -0.25) is 14.5 Å². The number of carbonyl (C=O) groups excluding carboxylic acids is 1. The van der Waals surface area contributed by atoms with Crippen LogP contribution in [0.1, 0.15) is 43.6 Å². The van der Waals surface area contributed by atoms with Crippen molar-refractivity contribution in [2.75, 3.05) is 6.54 Å². The van der Waals surface area contributed by atoms with E-state index in [1.165, 1.54) is 16.7 Å². The van der Waals surface area contributed by atoms with Crippen molar-refractivity contribution in [3.8, 4) is 0 Å². The first kappa shape index (κ1) is 16.3. The Balaban J connectivity index is 1.66. The van der Waals surface area contributed by atoms with E-state index in [1.807, 2.05) is 12.1 Å². The maximum Gasteiger partial charge on any atom is 0.303 e. The van der Waals surface area contributed by atoms with Crippen LogP contribution in [0.4, 0.5) is 0 Å². The molecule has 0 bridgehead atoms. The standard InChI is InChI=1S/C16H17NO4S2/c1-9-7-11(9)12-5-4-10(21-12)8-13-15(20)17(16(22)23-13)6-2-3-14(18)19/h4-5,8-9,11H,2-3,6-7H2,1H3,(H,18,19)/b13-8-/t9-,11+/m1/s1. The Morgan fingerprint density at radius 2 is 2.30 bits per heavy atom. The highest BCUT2D eigenvalue weighted by atomic mass is 32.2. The number of nitrogens with zero attached hydrogens (tertiary/aromatic N) is 1. The first-order valence-electron chi connectivity index (χ1n) is 7.52. The Hall–Kier alpha value is -1.60. The van der Waals surface area contributed by atoms with Crippen LogP contribution in [-0.4, -0.2) is 32.7 Å². The number of amides is 1. The van der Waals surface area contributed by atoms with Gasteiger partial charge < -0.3 is 9.52 Å². The summed E-state index contributed by atoms with van der Waals surface area (Å²) in [4.78, 5) is 24.9. The summed E-state index contributed by atoms with van der Waals surface area (Å²) >= 11 is 6.44. The predicted octanol–water partition coefficient (Wildman–Crippen LogP) is 3.47. The zero-order valence-electron chi connectivity index (χ0n) is 12.7. The highest BCUT2D eigenvalue weighted by Crippen LogP contribution is 2.47. The van der Waals surface area contributed by atoms with Crippen molar-refractivity contribution in [1.29, 1.82) is 0 Å². The molecule has 23 heavy (non-hydrogen) atoms. The molecule has 1 saturated carbocycles. The van der Waals surface area contributed by atoms with E-state index in [4.69, 9.17) is 21.7 Å². The quantitative estimate of drug-likeness (QED) is 0.625. The molecule has 0 unspecified atom stereocenters. The Kier molecular flexibility index (Phi) is 4.59. The van der Waals surface area contributed by atoms with Gasteiger partial charge in [0.05, 0.1) is 4.91 Å². The lowest BCUT2D eigenvalue weighted by molar-refractivity contribution is -0.137. The Bertz CT molecular complexity index is 694. The third kappa shape index (κ3) is 3.67. The van der Waals surface area contributed by atoms with Crippen molar-refractivity contribution in [3.05, 3.63) is 28.6 Å². The second-order valence-corrected chi connectivity index (χ2v) is 7.57. The summed E-state index contributed by atoms with van der Waals surface area (Å²) in [6.07, 6.45) is 3.28. The minimum atomic E-state index is -0.872. The fraction of sp³-hybridized carbons (Fsp3) is 0.438. The first-order valence-corrected chi connectivity index (χ1v) is 8.75. The molecule has 0 aromatic carbocycles. The van der Waals surface area contributed by atoms with Gasteiger partial charge in [-0.1, -0.05) is 30.9 Å². The lowest BCUT2D eigenvalue weighted by atomic mass is 10.3. The van der Waals surface area contributed by atoms with E-state index < -0.39 is 5.97 Å². The molecule has 1 aliphatic carbocycles. The van der Waals surface area contributed by atoms with Gasteiger partial charge in [0.15, 0.2) is 0 Å². The molecule has 7 heteroatoms. The van der Waals surface area contributed by atoms with E-state index in [-0.39, 0.29) is 12.3 Å². The molecule has 1 aromatic rings. The smallest absolute Gasteiger partial charge is 0.303 e. The zero-order valence-corrected chi connectivity index (χ0v) is 14.3. The predicted molar refractivity (Wildman–Crippen MR) is 92.0 cm³/mol. The molecular weight excluding hydrogens is 334 g/mol. The second-order valence-electron chi connectivity index (χ2n) is 5.89. The number of hydrogen-bond donors (Lipinski definition) is 1. The molecule has 122 valence electrons. The molecule has 1 aromatic heterocycles. The van der Waals surface area contributed by atoms with Gasteiger partial charge in [0.2, 0.25) is 0 Å². The Morgan fingerprint density at radius 3 is 2.96 bits per heavy atom. The molecule has 2 atom stereocenters. The van der Waals surface area contributed by atoms with Crippen molar-refractivity contribution in [2.24, 2.45) is 5.92 Å². The van der Waals surface area contributed by atoms with Gasteiger partial charge in [0, 0.05) is 25.0 Å². The molecule has 0 radical (unpaired) electrons. The summed E-state index contributed by atoms with van der Waals surface area (Å²) < 4.78 is 6.26. The number of carboxylic acid groups (broad SMARTS) is 1.